The van der Waals surface area contributed by atoms with Gasteiger partial charge >= 0.3 is 5.69 Å². The number of hydrogen-bond donors (Lipinski definition) is 1. The summed E-state index contributed by atoms with van der Waals surface area (Å²) >= 11 is 1.22. The summed E-state index contributed by atoms with van der Waals surface area (Å²) in [5.41, 5.74) is 3.79. The van der Waals surface area contributed by atoms with Crippen molar-refractivity contribution in [1.29, 1.82) is 0 Å². The number of aryl methyl sites for hydroxylation is 3. The van der Waals surface area contributed by atoms with Crippen molar-refractivity contribution in [3.05, 3.63) is 63.9 Å². The fourth-order valence-corrected chi connectivity index (χ4v) is 5.00. The van der Waals surface area contributed by atoms with E-state index in [2.05, 4.69) is 9.71 Å². The van der Waals surface area contributed by atoms with E-state index >= 15 is 0 Å². The first-order valence-corrected chi connectivity index (χ1v) is 10.8. The van der Waals surface area contributed by atoms with Crippen molar-refractivity contribution >= 4 is 37.5 Å². The maximum atomic E-state index is 12.8. The van der Waals surface area contributed by atoms with Crippen molar-refractivity contribution in [3.8, 4) is 11.3 Å². The van der Waals surface area contributed by atoms with Gasteiger partial charge in [-0.15, -0.1) is 11.3 Å². The van der Waals surface area contributed by atoms with Crippen LogP contribution in [0.1, 0.15) is 5.56 Å². The van der Waals surface area contributed by atoms with E-state index in [1.54, 1.807) is 20.2 Å². The van der Waals surface area contributed by atoms with Gasteiger partial charge in [-0.05, 0) is 25.1 Å². The Labute approximate surface area is 166 Å². The van der Waals surface area contributed by atoms with Gasteiger partial charge in [0.25, 0.3) is 10.0 Å². The maximum Gasteiger partial charge on any atom is 0.328 e. The summed E-state index contributed by atoms with van der Waals surface area (Å²) in [6, 6.07) is 12.5. The molecule has 2 aromatic heterocycles. The summed E-state index contributed by atoms with van der Waals surface area (Å²) in [6.07, 6.45) is 0. The molecule has 0 bridgehead atoms. The Kier molecular flexibility index (Phi) is 4.35. The number of benzene rings is 2. The molecular formula is C19H18N4O3S2. The number of imidazole rings is 1. The molecule has 4 rings (SSSR count). The molecule has 4 aromatic rings. The van der Waals surface area contributed by atoms with Gasteiger partial charge in [0.05, 0.1) is 21.6 Å². The van der Waals surface area contributed by atoms with Gasteiger partial charge in [0, 0.05) is 25.0 Å². The Morgan fingerprint density at radius 1 is 1.00 bits per heavy atom. The number of aromatic nitrogens is 3. The summed E-state index contributed by atoms with van der Waals surface area (Å²) in [4.78, 5) is 16.5. The quantitative estimate of drug-likeness (QED) is 0.556. The van der Waals surface area contributed by atoms with Crippen LogP contribution in [0.25, 0.3) is 22.3 Å². The lowest BCUT2D eigenvalue weighted by atomic mass is 10.1. The highest BCUT2D eigenvalue weighted by Crippen LogP contribution is 2.27. The number of nitrogens with one attached hydrogen (secondary N) is 1. The molecule has 1 N–H and O–H groups in total. The summed E-state index contributed by atoms with van der Waals surface area (Å²) < 4.78 is 31.0. The van der Waals surface area contributed by atoms with Gasteiger partial charge in [-0.1, -0.05) is 29.8 Å². The second-order valence-electron chi connectivity index (χ2n) is 6.56. The van der Waals surface area contributed by atoms with E-state index in [4.69, 9.17) is 0 Å². The smallest absolute Gasteiger partial charge is 0.295 e. The zero-order valence-electron chi connectivity index (χ0n) is 15.5. The molecule has 0 amide bonds. The summed E-state index contributed by atoms with van der Waals surface area (Å²) in [5.74, 6) is 0. The monoisotopic (exact) mass is 414 g/mol. The van der Waals surface area contributed by atoms with Gasteiger partial charge in [0.15, 0.2) is 5.13 Å². The number of sulfonamides is 1. The maximum absolute atomic E-state index is 12.8. The molecule has 0 unspecified atom stereocenters. The van der Waals surface area contributed by atoms with Crippen LogP contribution in [0.15, 0.2) is 57.5 Å². The van der Waals surface area contributed by atoms with Crippen LogP contribution in [0.5, 0.6) is 0 Å². The highest BCUT2D eigenvalue weighted by molar-refractivity contribution is 7.93. The molecule has 0 aliphatic carbocycles. The molecule has 28 heavy (non-hydrogen) atoms. The molecule has 0 atom stereocenters. The van der Waals surface area contributed by atoms with Crippen molar-refractivity contribution in [2.75, 3.05) is 4.72 Å². The van der Waals surface area contributed by atoms with E-state index < -0.39 is 10.0 Å². The molecule has 0 saturated heterocycles. The normalized spacial score (nSPS) is 11.8. The zero-order valence-corrected chi connectivity index (χ0v) is 17.1. The number of nitrogens with zero attached hydrogens (tertiary/aromatic N) is 3. The third kappa shape index (κ3) is 3.12. The molecule has 7 nitrogen and oxygen atoms in total. The summed E-state index contributed by atoms with van der Waals surface area (Å²) in [7, 11) is -0.561. The molecule has 2 heterocycles. The van der Waals surface area contributed by atoms with E-state index in [1.165, 1.54) is 32.6 Å². The predicted molar refractivity (Wildman–Crippen MR) is 111 cm³/mol. The van der Waals surface area contributed by atoms with Crippen LogP contribution in [0.3, 0.4) is 0 Å². The van der Waals surface area contributed by atoms with Crippen LogP contribution in [0.4, 0.5) is 5.13 Å². The molecule has 0 spiro atoms. The second kappa shape index (κ2) is 6.61. The third-order valence-electron chi connectivity index (χ3n) is 4.63. The van der Waals surface area contributed by atoms with Crippen LogP contribution in [0.2, 0.25) is 0 Å². The molecule has 0 aliphatic heterocycles. The lowest BCUT2D eigenvalue weighted by molar-refractivity contribution is 0.601. The average Bonchev–Trinajstić information content (AvgIpc) is 3.21. The molecule has 0 saturated carbocycles. The Hall–Kier alpha value is -2.91. The minimum atomic E-state index is -3.83. The predicted octanol–water partition coefficient (Wildman–Crippen LogP) is 3.11. The highest BCUT2D eigenvalue weighted by atomic mass is 32.2. The fraction of sp³-hybridized carbons (Fsp3) is 0.158. The Balaban J connectivity index is 1.66. The molecule has 2 aromatic carbocycles. The highest BCUT2D eigenvalue weighted by Gasteiger charge is 2.19. The van der Waals surface area contributed by atoms with Gasteiger partial charge in [-0.2, -0.15) is 0 Å². The van der Waals surface area contributed by atoms with Crippen LogP contribution in [0, 0.1) is 6.92 Å². The topological polar surface area (TPSA) is 86.0 Å². The Morgan fingerprint density at radius 3 is 2.39 bits per heavy atom. The number of fused-ring (bicyclic) bond motifs is 1. The van der Waals surface area contributed by atoms with Crippen LogP contribution in [-0.4, -0.2) is 22.5 Å². The zero-order chi connectivity index (χ0) is 20.1. The van der Waals surface area contributed by atoms with E-state index in [0.29, 0.717) is 16.7 Å². The Bertz CT molecular complexity index is 1350. The first-order valence-electron chi connectivity index (χ1n) is 8.47. The van der Waals surface area contributed by atoms with Crippen LogP contribution in [-0.2, 0) is 24.1 Å². The molecule has 9 heteroatoms. The van der Waals surface area contributed by atoms with Crippen molar-refractivity contribution in [3.63, 3.8) is 0 Å². The van der Waals surface area contributed by atoms with Crippen molar-refractivity contribution in [1.82, 2.24) is 14.1 Å². The van der Waals surface area contributed by atoms with Gasteiger partial charge in [0.1, 0.15) is 0 Å². The van der Waals surface area contributed by atoms with Crippen molar-refractivity contribution < 1.29 is 8.42 Å². The van der Waals surface area contributed by atoms with Crippen molar-refractivity contribution in [2.45, 2.75) is 11.8 Å². The second-order valence-corrected chi connectivity index (χ2v) is 9.10. The van der Waals surface area contributed by atoms with E-state index in [0.717, 1.165) is 11.1 Å². The lowest BCUT2D eigenvalue weighted by Gasteiger charge is -2.06. The van der Waals surface area contributed by atoms with E-state index in [1.807, 2.05) is 36.6 Å². The molecular weight excluding hydrogens is 396 g/mol. The van der Waals surface area contributed by atoms with Crippen molar-refractivity contribution in [2.24, 2.45) is 14.1 Å². The van der Waals surface area contributed by atoms with Gasteiger partial charge in [0.2, 0.25) is 0 Å². The van der Waals surface area contributed by atoms with Gasteiger partial charge in [-0.3, -0.25) is 13.9 Å². The number of rotatable bonds is 4. The molecule has 0 radical (unpaired) electrons. The fourth-order valence-electron chi connectivity index (χ4n) is 3.01. The standard InChI is InChI=1S/C19H18N4O3S2/c1-12-4-6-13(7-5-12)15-11-27-18(20-15)21-28(25,26)14-8-9-16-17(10-14)23(3)19(24)22(16)2/h4-11H,1-3H3,(H,20,21). The third-order valence-corrected chi connectivity index (χ3v) is 6.85. The average molecular weight is 415 g/mol. The van der Waals surface area contributed by atoms with Crippen LogP contribution < -0.4 is 10.4 Å². The summed E-state index contributed by atoms with van der Waals surface area (Å²) in [6.45, 7) is 2.00. The Morgan fingerprint density at radius 2 is 1.68 bits per heavy atom. The minimum Gasteiger partial charge on any atom is -0.295 e. The molecule has 0 aliphatic rings. The number of thiazole rings is 1. The van der Waals surface area contributed by atoms with E-state index in [9.17, 15) is 13.2 Å². The van der Waals surface area contributed by atoms with E-state index in [-0.39, 0.29) is 15.7 Å². The minimum absolute atomic E-state index is 0.0771. The van der Waals surface area contributed by atoms with Gasteiger partial charge in [-0.25, -0.2) is 18.2 Å². The first-order chi connectivity index (χ1) is 13.3. The van der Waals surface area contributed by atoms with Crippen LogP contribution >= 0.6 is 11.3 Å². The lowest BCUT2D eigenvalue weighted by Crippen LogP contribution is -2.19. The molecule has 0 fully saturated rings. The summed E-state index contributed by atoms with van der Waals surface area (Å²) in [5, 5.41) is 2.10. The largest absolute Gasteiger partial charge is 0.328 e. The molecule has 144 valence electrons. The van der Waals surface area contributed by atoms with Gasteiger partial charge < -0.3 is 0 Å². The first kappa shape index (κ1) is 18.5. The number of anilines is 1. The SMILES string of the molecule is Cc1ccc(-c2csc(NS(=O)(=O)c3ccc4c(c3)n(C)c(=O)n4C)n2)cc1. The number of hydrogen-bond acceptors (Lipinski definition) is 5.